The second kappa shape index (κ2) is 4.13. The van der Waals surface area contributed by atoms with Gasteiger partial charge in [-0.15, -0.1) is 0 Å². The van der Waals surface area contributed by atoms with Gasteiger partial charge in [0, 0.05) is 12.7 Å². The third kappa shape index (κ3) is 1.82. The van der Waals surface area contributed by atoms with Crippen LogP contribution in [0.25, 0.3) is 0 Å². The molecule has 0 spiro atoms. The van der Waals surface area contributed by atoms with Crippen LogP contribution < -0.4 is 0 Å². The lowest BCUT2D eigenvalue weighted by Gasteiger charge is -2.30. The van der Waals surface area contributed by atoms with Crippen molar-refractivity contribution in [2.75, 3.05) is 0 Å². The minimum absolute atomic E-state index is 0.240. The number of rotatable bonds is 4. The van der Waals surface area contributed by atoms with E-state index < -0.39 is 5.60 Å². The molecule has 0 fully saturated rings. The molecule has 1 aromatic rings. The Hall–Kier alpha value is -0.830. The molecular formula is C11H20N2O. The molecule has 0 saturated heterocycles. The molecule has 0 saturated carbocycles. The summed E-state index contributed by atoms with van der Waals surface area (Å²) in [6, 6.07) is 1.90. The first kappa shape index (κ1) is 11.2. The van der Waals surface area contributed by atoms with Crippen LogP contribution in [0.4, 0.5) is 0 Å². The van der Waals surface area contributed by atoms with Crippen LogP contribution in [0.3, 0.4) is 0 Å². The Kier molecular flexibility index (Phi) is 3.32. The lowest BCUT2D eigenvalue weighted by molar-refractivity contribution is -0.00810. The quantitative estimate of drug-likeness (QED) is 0.801. The Balaban J connectivity index is 3.02. The first-order valence-electron chi connectivity index (χ1n) is 5.28. The summed E-state index contributed by atoms with van der Waals surface area (Å²) in [7, 11) is 0. The molecule has 1 aromatic heterocycles. The third-order valence-electron chi connectivity index (χ3n) is 3.11. The number of aliphatic hydroxyl groups is 1. The Morgan fingerprint density at radius 2 is 2.21 bits per heavy atom. The number of hydrogen-bond donors (Lipinski definition) is 1. The van der Waals surface area contributed by atoms with Crippen LogP contribution in [0.2, 0.25) is 0 Å². The summed E-state index contributed by atoms with van der Waals surface area (Å²) in [6.45, 7) is 8.85. The second-order valence-electron chi connectivity index (χ2n) is 3.99. The lowest BCUT2D eigenvalue weighted by atomic mass is 9.86. The molecule has 1 heterocycles. The number of aromatic nitrogens is 2. The van der Waals surface area contributed by atoms with E-state index in [1.807, 2.05) is 24.6 Å². The predicted molar refractivity (Wildman–Crippen MR) is 56.9 cm³/mol. The Morgan fingerprint density at radius 3 is 2.71 bits per heavy atom. The molecule has 0 amide bonds. The number of nitrogens with zero attached hydrogens (tertiary/aromatic N) is 2. The smallest absolute Gasteiger partial charge is 0.106 e. The van der Waals surface area contributed by atoms with E-state index in [1.54, 1.807) is 6.20 Å². The predicted octanol–water partition coefficient (Wildman–Crippen LogP) is 2.16. The van der Waals surface area contributed by atoms with Gasteiger partial charge >= 0.3 is 0 Å². The molecule has 14 heavy (non-hydrogen) atoms. The van der Waals surface area contributed by atoms with Crippen molar-refractivity contribution in [2.24, 2.45) is 5.92 Å². The van der Waals surface area contributed by atoms with Gasteiger partial charge in [0.15, 0.2) is 0 Å². The minimum atomic E-state index is -0.777. The highest BCUT2D eigenvalue weighted by Gasteiger charge is 2.31. The summed E-state index contributed by atoms with van der Waals surface area (Å²) >= 11 is 0. The van der Waals surface area contributed by atoms with Crippen LogP contribution in [0.15, 0.2) is 12.3 Å². The van der Waals surface area contributed by atoms with E-state index in [2.05, 4.69) is 18.9 Å². The van der Waals surface area contributed by atoms with Crippen molar-refractivity contribution >= 4 is 0 Å². The van der Waals surface area contributed by atoms with Gasteiger partial charge < -0.3 is 5.11 Å². The maximum Gasteiger partial charge on any atom is 0.106 e. The largest absolute Gasteiger partial charge is 0.384 e. The third-order valence-corrected chi connectivity index (χ3v) is 3.11. The first-order valence-corrected chi connectivity index (χ1v) is 5.28. The first-order chi connectivity index (χ1) is 6.54. The maximum atomic E-state index is 10.4. The average Bonchev–Trinajstić information content (AvgIpc) is 2.64. The van der Waals surface area contributed by atoms with Gasteiger partial charge in [0.2, 0.25) is 0 Å². The van der Waals surface area contributed by atoms with Crippen LogP contribution in [0.1, 0.15) is 39.8 Å². The molecule has 2 atom stereocenters. The Morgan fingerprint density at radius 1 is 1.57 bits per heavy atom. The topological polar surface area (TPSA) is 38.1 Å². The zero-order chi connectivity index (χ0) is 10.8. The van der Waals surface area contributed by atoms with Crippen molar-refractivity contribution in [2.45, 2.75) is 46.3 Å². The van der Waals surface area contributed by atoms with E-state index >= 15 is 0 Å². The molecule has 1 N–H and O–H groups in total. The molecule has 3 heteroatoms. The van der Waals surface area contributed by atoms with E-state index in [-0.39, 0.29) is 5.92 Å². The monoisotopic (exact) mass is 196 g/mol. The lowest BCUT2D eigenvalue weighted by Crippen LogP contribution is -2.32. The molecule has 80 valence electrons. The summed E-state index contributed by atoms with van der Waals surface area (Å²) in [5, 5.41) is 14.6. The maximum absolute atomic E-state index is 10.4. The van der Waals surface area contributed by atoms with Gasteiger partial charge in [0.05, 0.1) is 5.69 Å². The fourth-order valence-electron chi connectivity index (χ4n) is 1.66. The van der Waals surface area contributed by atoms with Crippen LogP contribution in [0, 0.1) is 5.92 Å². The van der Waals surface area contributed by atoms with E-state index in [1.165, 1.54) is 0 Å². The summed E-state index contributed by atoms with van der Waals surface area (Å²) in [5.41, 5.74) is 0.135. The SMILES string of the molecule is CCC(C)C(C)(O)c1ccnn1CC. The molecule has 3 nitrogen and oxygen atoms in total. The van der Waals surface area contributed by atoms with Crippen molar-refractivity contribution in [1.82, 2.24) is 9.78 Å². The zero-order valence-electron chi connectivity index (χ0n) is 9.49. The Labute approximate surface area is 85.8 Å². The highest BCUT2D eigenvalue weighted by Crippen LogP contribution is 2.30. The summed E-state index contributed by atoms with van der Waals surface area (Å²) < 4.78 is 1.85. The van der Waals surface area contributed by atoms with Gasteiger partial charge in [-0.2, -0.15) is 5.10 Å². The Bertz CT molecular complexity index is 291. The standard InChI is InChI=1S/C11H20N2O/c1-5-9(3)11(4,14)10-7-8-12-13(10)6-2/h7-9,14H,5-6H2,1-4H3. The highest BCUT2D eigenvalue weighted by molar-refractivity contribution is 5.11. The van der Waals surface area contributed by atoms with Crippen molar-refractivity contribution in [3.8, 4) is 0 Å². The van der Waals surface area contributed by atoms with Crippen LogP contribution in [-0.4, -0.2) is 14.9 Å². The van der Waals surface area contributed by atoms with Crippen molar-refractivity contribution in [1.29, 1.82) is 0 Å². The molecule has 0 aliphatic carbocycles. The van der Waals surface area contributed by atoms with E-state index in [0.29, 0.717) is 0 Å². The highest BCUT2D eigenvalue weighted by atomic mass is 16.3. The zero-order valence-corrected chi connectivity index (χ0v) is 9.49. The average molecular weight is 196 g/mol. The molecule has 0 aliphatic rings. The van der Waals surface area contributed by atoms with Gasteiger partial charge in [-0.1, -0.05) is 20.3 Å². The van der Waals surface area contributed by atoms with Gasteiger partial charge in [0.25, 0.3) is 0 Å². The van der Waals surface area contributed by atoms with E-state index in [9.17, 15) is 5.11 Å². The summed E-state index contributed by atoms with van der Waals surface area (Å²) in [5.74, 6) is 0.240. The number of hydrogen-bond acceptors (Lipinski definition) is 2. The molecular weight excluding hydrogens is 176 g/mol. The molecule has 0 bridgehead atoms. The van der Waals surface area contributed by atoms with Crippen LogP contribution in [0.5, 0.6) is 0 Å². The molecule has 0 aliphatic heterocycles. The fraction of sp³-hybridized carbons (Fsp3) is 0.727. The van der Waals surface area contributed by atoms with E-state index in [0.717, 1.165) is 18.7 Å². The van der Waals surface area contributed by atoms with E-state index in [4.69, 9.17) is 0 Å². The molecule has 2 unspecified atom stereocenters. The van der Waals surface area contributed by atoms with Crippen molar-refractivity contribution in [3.63, 3.8) is 0 Å². The van der Waals surface area contributed by atoms with Crippen LogP contribution >= 0.6 is 0 Å². The fourth-order valence-corrected chi connectivity index (χ4v) is 1.66. The van der Waals surface area contributed by atoms with Crippen molar-refractivity contribution in [3.05, 3.63) is 18.0 Å². The van der Waals surface area contributed by atoms with Gasteiger partial charge in [-0.3, -0.25) is 4.68 Å². The second-order valence-corrected chi connectivity index (χ2v) is 3.99. The van der Waals surface area contributed by atoms with Gasteiger partial charge in [0.1, 0.15) is 5.60 Å². The molecule has 0 aromatic carbocycles. The molecule has 0 radical (unpaired) electrons. The van der Waals surface area contributed by atoms with Crippen molar-refractivity contribution < 1.29 is 5.11 Å². The van der Waals surface area contributed by atoms with Gasteiger partial charge in [-0.25, -0.2) is 0 Å². The van der Waals surface area contributed by atoms with Crippen LogP contribution in [-0.2, 0) is 12.1 Å². The molecule has 1 rings (SSSR count). The summed E-state index contributed by atoms with van der Waals surface area (Å²) in [4.78, 5) is 0. The normalized spacial score (nSPS) is 17.8. The number of aryl methyl sites for hydroxylation is 1. The van der Waals surface area contributed by atoms with Gasteiger partial charge in [-0.05, 0) is 25.8 Å². The minimum Gasteiger partial charge on any atom is -0.384 e. The summed E-state index contributed by atoms with van der Waals surface area (Å²) in [6.07, 6.45) is 2.71.